The van der Waals surface area contributed by atoms with Crippen LogP contribution < -0.4 is 0 Å². The number of nitrogens with zero attached hydrogens (tertiary/aromatic N) is 2. The number of fused-ring (bicyclic) bond motifs is 2. The van der Waals surface area contributed by atoms with Crippen LogP contribution >= 0.6 is 0 Å². The molecule has 0 bridgehead atoms. The number of benzene rings is 2. The zero-order valence-electron chi connectivity index (χ0n) is 19.2. The van der Waals surface area contributed by atoms with Crippen molar-refractivity contribution < 1.29 is 23.6 Å². The van der Waals surface area contributed by atoms with Crippen molar-refractivity contribution in [2.24, 2.45) is 0 Å². The van der Waals surface area contributed by atoms with Crippen LogP contribution in [0.25, 0.3) is 17.4 Å². The fourth-order valence-corrected chi connectivity index (χ4v) is 4.41. The summed E-state index contributed by atoms with van der Waals surface area (Å²) in [5.74, 6) is -0.906. The number of nitriles is 1. The Bertz CT molecular complexity index is 1630. The summed E-state index contributed by atoms with van der Waals surface area (Å²) in [5, 5.41) is 9.44. The van der Waals surface area contributed by atoms with E-state index in [0.29, 0.717) is 39.3 Å². The van der Waals surface area contributed by atoms with E-state index < -0.39 is 11.8 Å². The van der Waals surface area contributed by atoms with E-state index in [2.05, 4.69) is 6.58 Å². The number of imide groups is 1. The number of amides is 2. The third kappa shape index (κ3) is 3.44. The first-order chi connectivity index (χ1) is 17.3. The van der Waals surface area contributed by atoms with Gasteiger partial charge in [0.2, 0.25) is 0 Å². The first-order valence-electron chi connectivity index (χ1n) is 11.1. The molecule has 0 saturated heterocycles. The van der Waals surface area contributed by atoms with Crippen LogP contribution in [0.4, 0.5) is 0 Å². The molecule has 3 aromatic rings. The highest BCUT2D eigenvalue weighted by atomic mass is 16.3. The number of rotatable bonds is 4. The Morgan fingerprint density at radius 1 is 0.917 bits per heavy atom. The Labute approximate surface area is 206 Å². The van der Waals surface area contributed by atoms with Crippen molar-refractivity contribution in [1.29, 1.82) is 5.26 Å². The number of ketones is 2. The number of hydrogen-bond donors (Lipinski definition) is 0. The molecule has 2 heterocycles. The lowest BCUT2D eigenvalue weighted by Crippen LogP contribution is -2.42. The molecule has 1 aromatic heterocycles. The van der Waals surface area contributed by atoms with E-state index in [1.807, 2.05) is 6.07 Å². The van der Waals surface area contributed by atoms with E-state index in [1.165, 1.54) is 12.2 Å². The van der Waals surface area contributed by atoms with Crippen LogP contribution in [0.3, 0.4) is 0 Å². The Morgan fingerprint density at radius 2 is 1.58 bits per heavy atom. The predicted octanol–water partition coefficient (Wildman–Crippen LogP) is 4.50. The lowest BCUT2D eigenvalue weighted by molar-refractivity contribution is -0.139. The van der Waals surface area contributed by atoms with Crippen molar-refractivity contribution in [3.8, 4) is 17.4 Å². The maximum absolute atomic E-state index is 13.0. The average Bonchev–Trinajstić information content (AvgIpc) is 3.36. The first kappa shape index (κ1) is 22.7. The molecule has 0 fully saturated rings. The summed E-state index contributed by atoms with van der Waals surface area (Å²) in [6.45, 7) is 5.08. The molecule has 7 heteroatoms. The monoisotopic (exact) mass is 474 g/mol. The second kappa shape index (κ2) is 8.60. The topological polar surface area (TPSA) is 108 Å². The van der Waals surface area contributed by atoms with Gasteiger partial charge in [0.25, 0.3) is 11.8 Å². The van der Waals surface area contributed by atoms with Crippen molar-refractivity contribution in [3.63, 3.8) is 0 Å². The Balaban J connectivity index is 1.53. The highest BCUT2D eigenvalue weighted by Gasteiger charge is 2.35. The molecule has 7 nitrogen and oxygen atoms in total. The third-order valence-electron chi connectivity index (χ3n) is 6.26. The molecular formula is C29H18N2O5. The number of furan rings is 1. The van der Waals surface area contributed by atoms with Gasteiger partial charge in [0.15, 0.2) is 11.6 Å². The molecule has 5 rings (SSSR count). The van der Waals surface area contributed by atoms with Gasteiger partial charge in [-0.1, -0.05) is 36.4 Å². The van der Waals surface area contributed by atoms with Gasteiger partial charge in [0.05, 0.1) is 0 Å². The molecule has 0 saturated carbocycles. The molecular weight excluding hydrogens is 456 g/mol. The molecule has 0 N–H and O–H groups in total. The van der Waals surface area contributed by atoms with Gasteiger partial charge in [-0.15, -0.1) is 6.58 Å². The van der Waals surface area contributed by atoms with Gasteiger partial charge in [0.1, 0.15) is 23.2 Å². The maximum Gasteiger partial charge on any atom is 0.271 e. The van der Waals surface area contributed by atoms with Gasteiger partial charge in [-0.25, -0.2) is 0 Å². The van der Waals surface area contributed by atoms with E-state index in [4.69, 9.17) is 4.42 Å². The smallest absolute Gasteiger partial charge is 0.271 e. The van der Waals surface area contributed by atoms with E-state index in [0.717, 1.165) is 4.90 Å². The van der Waals surface area contributed by atoms with Crippen LogP contribution in [0.5, 0.6) is 0 Å². The van der Waals surface area contributed by atoms with Gasteiger partial charge in [0, 0.05) is 39.9 Å². The van der Waals surface area contributed by atoms with Crippen LogP contribution in [0.1, 0.15) is 44.5 Å². The number of carbonyl (C=O) groups is 4. The van der Waals surface area contributed by atoms with Gasteiger partial charge in [-0.2, -0.15) is 5.26 Å². The Morgan fingerprint density at radius 3 is 2.25 bits per heavy atom. The fourth-order valence-electron chi connectivity index (χ4n) is 4.41. The maximum atomic E-state index is 13.0. The Hall–Kier alpha value is -5.09. The standard InChI is InChI=1S/C29H18N2O5/c1-3-12-31-28(34)22(16(2)24(15-30)29(31)35)14-18-9-11-25(36-18)17-8-10-21-23(13-17)27(33)20-7-5-4-6-19(20)26(21)32/h3-11,13-14H,1,12H2,2H3/b22-14-. The third-order valence-corrected chi connectivity index (χ3v) is 6.26. The molecule has 0 atom stereocenters. The molecule has 2 amide bonds. The SMILES string of the molecule is C=CCN1C(=O)C(C#N)=C(C)/C(=C/c2ccc(-c3ccc4c(c3)C(=O)c3ccccc3C4=O)o2)C1=O. The second-order valence-corrected chi connectivity index (χ2v) is 8.35. The van der Waals surface area contributed by atoms with E-state index >= 15 is 0 Å². The minimum absolute atomic E-state index is 0.0259. The van der Waals surface area contributed by atoms with Gasteiger partial charge >= 0.3 is 0 Å². The number of hydrogen-bond acceptors (Lipinski definition) is 6. The van der Waals surface area contributed by atoms with Crippen molar-refractivity contribution >= 4 is 29.5 Å². The summed E-state index contributed by atoms with van der Waals surface area (Å²) in [7, 11) is 0. The highest BCUT2D eigenvalue weighted by Crippen LogP contribution is 2.33. The fraction of sp³-hybridized carbons (Fsp3) is 0.0690. The molecule has 1 aliphatic carbocycles. The molecule has 36 heavy (non-hydrogen) atoms. The van der Waals surface area contributed by atoms with Crippen LogP contribution in [-0.2, 0) is 9.59 Å². The molecule has 2 aliphatic rings. The predicted molar refractivity (Wildman–Crippen MR) is 131 cm³/mol. The lowest BCUT2D eigenvalue weighted by Gasteiger charge is -2.26. The molecule has 0 radical (unpaired) electrons. The minimum Gasteiger partial charge on any atom is -0.457 e. The van der Waals surface area contributed by atoms with E-state index in [9.17, 15) is 24.4 Å². The molecule has 1 aliphatic heterocycles. The van der Waals surface area contributed by atoms with Crippen molar-refractivity contribution in [2.45, 2.75) is 6.92 Å². The Kier molecular flexibility index (Phi) is 5.42. The second-order valence-electron chi connectivity index (χ2n) is 8.35. The molecule has 0 spiro atoms. The molecule has 2 aromatic carbocycles. The van der Waals surface area contributed by atoms with Crippen molar-refractivity contribution in [2.75, 3.05) is 6.54 Å². The van der Waals surface area contributed by atoms with Gasteiger partial charge in [-0.3, -0.25) is 24.1 Å². The van der Waals surface area contributed by atoms with E-state index in [1.54, 1.807) is 61.5 Å². The summed E-state index contributed by atoms with van der Waals surface area (Å²) in [5.41, 5.74) is 2.28. The summed E-state index contributed by atoms with van der Waals surface area (Å²) in [4.78, 5) is 52.3. The quantitative estimate of drug-likeness (QED) is 0.245. The average molecular weight is 474 g/mol. The zero-order valence-corrected chi connectivity index (χ0v) is 19.2. The molecule has 174 valence electrons. The van der Waals surface area contributed by atoms with Crippen LogP contribution in [0, 0.1) is 11.3 Å². The zero-order chi connectivity index (χ0) is 25.6. The van der Waals surface area contributed by atoms with Crippen molar-refractivity contribution in [3.05, 3.63) is 112 Å². The summed E-state index contributed by atoms with van der Waals surface area (Å²) < 4.78 is 5.93. The van der Waals surface area contributed by atoms with Crippen LogP contribution in [0.2, 0.25) is 0 Å². The van der Waals surface area contributed by atoms with Crippen LogP contribution in [-0.4, -0.2) is 34.8 Å². The summed E-state index contributed by atoms with van der Waals surface area (Å²) >= 11 is 0. The summed E-state index contributed by atoms with van der Waals surface area (Å²) in [6, 6.07) is 16.8. The first-order valence-corrected chi connectivity index (χ1v) is 11.1. The normalized spacial score (nSPS) is 16.2. The summed E-state index contributed by atoms with van der Waals surface area (Å²) in [6.07, 6.45) is 2.89. The lowest BCUT2D eigenvalue weighted by atomic mass is 9.83. The molecule has 0 unspecified atom stereocenters. The minimum atomic E-state index is -0.660. The van der Waals surface area contributed by atoms with Gasteiger partial charge in [-0.05, 0) is 42.8 Å². The number of carbonyl (C=O) groups excluding carboxylic acids is 4. The van der Waals surface area contributed by atoms with Gasteiger partial charge < -0.3 is 4.42 Å². The highest BCUT2D eigenvalue weighted by molar-refractivity contribution is 6.28. The van der Waals surface area contributed by atoms with Crippen molar-refractivity contribution in [1.82, 2.24) is 4.90 Å². The largest absolute Gasteiger partial charge is 0.457 e. The van der Waals surface area contributed by atoms with Crippen LogP contribution in [0.15, 0.2) is 88.4 Å². The van der Waals surface area contributed by atoms with E-state index in [-0.39, 0.29) is 34.8 Å².